The van der Waals surface area contributed by atoms with Gasteiger partial charge in [0, 0.05) is 18.6 Å². The Labute approximate surface area is 200 Å². The van der Waals surface area contributed by atoms with Crippen molar-refractivity contribution in [1.29, 1.82) is 0 Å². The molecule has 0 fully saturated rings. The minimum absolute atomic E-state index is 0.102. The number of amides is 1. The van der Waals surface area contributed by atoms with Crippen LogP contribution in [0.15, 0.2) is 84.0 Å². The largest absolute Gasteiger partial charge is 0.490 e. The number of alkyl halides is 3. The lowest BCUT2D eigenvalue weighted by Gasteiger charge is -2.18. The van der Waals surface area contributed by atoms with Crippen LogP contribution in [0, 0.1) is 0 Å². The van der Waals surface area contributed by atoms with Crippen molar-refractivity contribution >= 4 is 11.9 Å². The third-order valence-electron chi connectivity index (χ3n) is 4.49. The van der Waals surface area contributed by atoms with Gasteiger partial charge in [0.15, 0.2) is 5.82 Å². The number of H-pyrrole nitrogens is 1. The SMILES string of the molecule is O=C(NC(c1ccccc1)c1ccccn1)c1cnc(-c2cccnn2)[nH]c1=O.O=C(O)C(F)(F)F. The maximum atomic E-state index is 12.8. The number of hydrogen-bond acceptors (Lipinski definition) is 7. The molecule has 36 heavy (non-hydrogen) atoms. The number of carboxylic acid groups (broad SMARTS) is 1. The summed E-state index contributed by atoms with van der Waals surface area (Å²) in [7, 11) is 0. The molecule has 13 heteroatoms. The van der Waals surface area contributed by atoms with Crippen molar-refractivity contribution in [3.05, 3.63) is 106 Å². The molecule has 3 N–H and O–H groups in total. The molecule has 3 aromatic heterocycles. The van der Waals surface area contributed by atoms with Gasteiger partial charge in [-0.05, 0) is 29.8 Å². The Bertz CT molecular complexity index is 1330. The van der Waals surface area contributed by atoms with E-state index in [4.69, 9.17) is 9.90 Å². The molecule has 0 spiro atoms. The van der Waals surface area contributed by atoms with Crippen molar-refractivity contribution in [3.63, 3.8) is 0 Å². The molecule has 0 aliphatic rings. The molecule has 0 radical (unpaired) electrons. The van der Waals surface area contributed by atoms with Crippen LogP contribution in [0.25, 0.3) is 11.5 Å². The van der Waals surface area contributed by atoms with Crippen molar-refractivity contribution in [2.75, 3.05) is 0 Å². The standard InChI is InChI=1S/C21H16N6O2.C2HF3O2/c28-20(15-13-23-19(26-21(15)29)17-10-6-12-24-27-17)25-18(14-7-2-1-3-8-14)16-9-4-5-11-22-16;3-2(4,5)1(6)7/h1-13,18H,(H,25,28)(H,23,26,29);(H,6,7). The Morgan fingerprint density at radius 1 is 0.944 bits per heavy atom. The molecule has 0 saturated carbocycles. The summed E-state index contributed by atoms with van der Waals surface area (Å²) < 4.78 is 31.7. The second kappa shape index (κ2) is 11.5. The molecule has 10 nitrogen and oxygen atoms in total. The molecule has 4 aromatic rings. The highest BCUT2D eigenvalue weighted by atomic mass is 19.4. The zero-order chi connectivity index (χ0) is 26.1. The third-order valence-corrected chi connectivity index (χ3v) is 4.49. The van der Waals surface area contributed by atoms with Crippen LogP contribution >= 0.6 is 0 Å². The van der Waals surface area contributed by atoms with Gasteiger partial charge >= 0.3 is 12.1 Å². The molecule has 3 heterocycles. The van der Waals surface area contributed by atoms with E-state index >= 15 is 0 Å². The first-order valence-corrected chi connectivity index (χ1v) is 10.1. The zero-order valence-electron chi connectivity index (χ0n) is 18.2. The highest BCUT2D eigenvalue weighted by molar-refractivity contribution is 5.94. The number of halogens is 3. The second-order valence-electron chi connectivity index (χ2n) is 6.96. The number of carbonyl (C=O) groups excluding carboxylic acids is 1. The van der Waals surface area contributed by atoms with E-state index in [0.717, 1.165) is 5.56 Å². The summed E-state index contributed by atoms with van der Waals surface area (Å²) in [6, 6.07) is 17.7. The van der Waals surface area contributed by atoms with E-state index in [9.17, 15) is 22.8 Å². The lowest BCUT2D eigenvalue weighted by atomic mass is 10.0. The van der Waals surface area contributed by atoms with E-state index in [1.165, 1.54) is 12.4 Å². The molecule has 1 unspecified atom stereocenters. The first kappa shape index (κ1) is 25.7. The molecule has 0 aliphatic carbocycles. The van der Waals surface area contributed by atoms with Crippen LogP contribution in [-0.4, -0.2) is 48.3 Å². The van der Waals surface area contributed by atoms with Crippen molar-refractivity contribution < 1.29 is 27.9 Å². The third kappa shape index (κ3) is 6.79. The molecule has 0 saturated heterocycles. The Hall–Kier alpha value is -4.94. The maximum Gasteiger partial charge on any atom is 0.490 e. The summed E-state index contributed by atoms with van der Waals surface area (Å²) in [5, 5.41) is 17.7. The molecule has 0 aliphatic heterocycles. The quantitative estimate of drug-likeness (QED) is 0.380. The fourth-order valence-corrected chi connectivity index (χ4v) is 2.84. The Morgan fingerprint density at radius 2 is 1.64 bits per heavy atom. The van der Waals surface area contributed by atoms with Gasteiger partial charge in [-0.15, -0.1) is 5.10 Å². The summed E-state index contributed by atoms with van der Waals surface area (Å²) >= 11 is 0. The summed E-state index contributed by atoms with van der Waals surface area (Å²) in [4.78, 5) is 45.3. The predicted molar refractivity (Wildman–Crippen MR) is 120 cm³/mol. The number of carboxylic acids is 1. The first-order chi connectivity index (χ1) is 17.2. The van der Waals surface area contributed by atoms with E-state index in [1.807, 2.05) is 42.5 Å². The summed E-state index contributed by atoms with van der Waals surface area (Å²) in [6.45, 7) is 0. The molecule has 0 bridgehead atoms. The summed E-state index contributed by atoms with van der Waals surface area (Å²) in [6.07, 6.45) is -0.676. The number of carbonyl (C=O) groups is 2. The maximum absolute atomic E-state index is 12.8. The Balaban J connectivity index is 0.000000454. The monoisotopic (exact) mass is 498 g/mol. The van der Waals surface area contributed by atoms with E-state index in [1.54, 1.807) is 24.4 Å². The van der Waals surface area contributed by atoms with E-state index in [2.05, 4.69) is 30.5 Å². The Morgan fingerprint density at radius 3 is 2.19 bits per heavy atom. The average Bonchev–Trinajstić information content (AvgIpc) is 2.88. The lowest BCUT2D eigenvalue weighted by molar-refractivity contribution is -0.192. The van der Waals surface area contributed by atoms with Gasteiger partial charge in [0.05, 0.1) is 11.7 Å². The number of aromatic nitrogens is 5. The molecule has 4 rings (SSSR count). The highest BCUT2D eigenvalue weighted by Gasteiger charge is 2.38. The fourth-order valence-electron chi connectivity index (χ4n) is 2.84. The number of aliphatic carboxylic acids is 1. The van der Waals surface area contributed by atoms with E-state index in [-0.39, 0.29) is 11.4 Å². The van der Waals surface area contributed by atoms with E-state index < -0.39 is 29.7 Å². The van der Waals surface area contributed by atoms with Gasteiger partial charge in [0.25, 0.3) is 11.5 Å². The van der Waals surface area contributed by atoms with Crippen LogP contribution in [0.3, 0.4) is 0 Å². The fraction of sp³-hybridized carbons (Fsp3) is 0.0870. The number of rotatable bonds is 5. The van der Waals surface area contributed by atoms with Crippen molar-refractivity contribution in [3.8, 4) is 11.5 Å². The average molecular weight is 498 g/mol. The first-order valence-electron chi connectivity index (χ1n) is 10.1. The van der Waals surface area contributed by atoms with E-state index in [0.29, 0.717) is 11.4 Å². The number of nitrogens with zero attached hydrogens (tertiary/aromatic N) is 4. The number of benzene rings is 1. The zero-order valence-corrected chi connectivity index (χ0v) is 18.2. The second-order valence-corrected chi connectivity index (χ2v) is 6.96. The van der Waals surface area contributed by atoms with Crippen LogP contribution in [-0.2, 0) is 4.79 Å². The van der Waals surface area contributed by atoms with Crippen LogP contribution < -0.4 is 10.9 Å². The highest BCUT2D eigenvalue weighted by Crippen LogP contribution is 2.20. The van der Waals surface area contributed by atoms with Gasteiger partial charge in [0.2, 0.25) is 0 Å². The molecule has 1 amide bonds. The molecule has 184 valence electrons. The minimum atomic E-state index is -5.08. The minimum Gasteiger partial charge on any atom is -0.475 e. The molecule has 1 atom stereocenters. The topological polar surface area (TPSA) is 151 Å². The van der Waals surface area contributed by atoms with Gasteiger partial charge in [-0.2, -0.15) is 18.3 Å². The normalized spacial score (nSPS) is 11.5. The molecular weight excluding hydrogens is 481 g/mol. The predicted octanol–water partition coefficient (Wildman–Crippen LogP) is 2.77. The van der Waals surface area contributed by atoms with Gasteiger partial charge in [0.1, 0.15) is 11.3 Å². The van der Waals surface area contributed by atoms with Crippen molar-refractivity contribution in [2.45, 2.75) is 12.2 Å². The van der Waals surface area contributed by atoms with Gasteiger partial charge < -0.3 is 15.4 Å². The van der Waals surface area contributed by atoms with Crippen LogP contribution in [0.1, 0.15) is 27.7 Å². The number of aromatic amines is 1. The van der Waals surface area contributed by atoms with Crippen LogP contribution in [0.5, 0.6) is 0 Å². The summed E-state index contributed by atoms with van der Waals surface area (Å²) in [5.74, 6) is -3.07. The lowest BCUT2D eigenvalue weighted by Crippen LogP contribution is -2.34. The van der Waals surface area contributed by atoms with Gasteiger partial charge in [-0.25, -0.2) is 9.78 Å². The number of hydrogen-bond donors (Lipinski definition) is 3. The smallest absolute Gasteiger partial charge is 0.475 e. The molecular formula is C23H17F3N6O4. The number of pyridine rings is 1. The van der Waals surface area contributed by atoms with Crippen LogP contribution in [0.4, 0.5) is 13.2 Å². The molecule has 1 aromatic carbocycles. The summed E-state index contributed by atoms with van der Waals surface area (Å²) in [5.41, 5.74) is 1.25. The van der Waals surface area contributed by atoms with Crippen LogP contribution in [0.2, 0.25) is 0 Å². The van der Waals surface area contributed by atoms with Crippen molar-refractivity contribution in [1.82, 2.24) is 30.5 Å². The van der Waals surface area contributed by atoms with Gasteiger partial charge in [-0.1, -0.05) is 36.4 Å². The Kier molecular flexibility index (Phi) is 8.18. The van der Waals surface area contributed by atoms with Crippen molar-refractivity contribution in [2.24, 2.45) is 0 Å². The van der Waals surface area contributed by atoms with Gasteiger partial charge in [-0.3, -0.25) is 14.6 Å². The number of nitrogens with one attached hydrogen (secondary N) is 2.